The second-order valence-electron chi connectivity index (χ2n) is 3.76. The van der Waals surface area contributed by atoms with Gasteiger partial charge in [-0.15, -0.1) is 0 Å². The van der Waals surface area contributed by atoms with Crippen LogP contribution in [0, 0.1) is 0 Å². The summed E-state index contributed by atoms with van der Waals surface area (Å²) in [7, 11) is 0. The summed E-state index contributed by atoms with van der Waals surface area (Å²) < 4.78 is 172. The Labute approximate surface area is 116 Å². The molecule has 0 aliphatic carbocycles. The molecule has 0 radical (unpaired) electrons. The summed E-state index contributed by atoms with van der Waals surface area (Å²) >= 11 is 0. The fraction of sp³-hybridized carbons (Fsp3) is 0.750. The third-order valence-corrected chi connectivity index (χ3v) is 2.08. The Morgan fingerprint density at radius 2 is 0.870 bits per heavy atom. The minimum atomic E-state index is -7.28. The molecule has 1 nitrogen and oxygen atoms in total. The van der Waals surface area contributed by atoms with Gasteiger partial charge in [-0.05, 0) is 0 Å². The van der Waals surface area contributed by atoms with E-state index >= 15 is 0 Å². The van der Waals surface area contributed by atoms with Crippen LogP contribution in [-0.2, 0) is 4.74 Å². The van der Waals surface area contributed by atoms with Crippen LogP contribution >= 0.6 is 0 Å². The SMILES string of the molecule is C=C(C(F)(F)OC(F)(C(F)(F)F)C(F)(F)F)C(F)(F)C(F)(F)F. The Hall–Kier alpha value is -1.28. The standard InChI is InChI=1S/C8H2F14O/c1-2(3(9,10)6(14,15)16)4(11,12)23-5(13,7(17,18)19)8(20,21)22/h1H2. The first-order valence-electron chi connectivity index (χ1n) is 4.66. The smallest absolute Gasteiger partial charge is 0.263 e. The molecular formula is C8H2F14O. The molecule has 0 rings (SSSR count). The monoisotopic (exact) mass is 380 g/mol. The molecule has 15 heteroatoms. The lowest BCUT2D eigenvalue weighted by molar-refractivity contribution is -0.476. The Kier molecular flexibility index (Phi) is 5.08. The van der Waals surface area contributed by atoms with Gasteiger partial charge in [0.05, 0.1) is 5.57 Å². The van der Waals surface area contributed by atoms with Gasteiger partial charge >= 0.3 is 36.4 Å². The van der Waals surface area contributed by atoms with Gasteiger partial charge < -0.3 is 0 Å². The molecule has 0 N–H and O–H groups in total. The van der Waals surface area contributed by atoms with Gasteiger partial charge in [-0.3, -0.25) is 4.74 Å². The van der Waals surface area contributed by atoms with E-state index in [0.29, 0.717) is 0 Å². The quantitative estimate of drug-likeness (QED) is 0.485. The van der Waals surface area contributed by atoms with Gasteiger partial charge in [0.25, 0.3) is 0 Å². The molecule has 0 fully saturated rings. The molecule has 0 spiro atoms. The van der Waals surface area contributed by atoms with E-state index in [1.165, 1.54) is 6.58 Å². The second-order valence-corrected chi connectivity index (χ2v) is 3.76. The number of rotatable bonds is 4. The third kappa shape index (κ3) is 3.80. The van der Waals surface area contributed by atoms with E-state index in [9.17, 15) is 61.5 Å². The predicted molar refractivity (Wildman–Crippen MR) is 42.1 cm³/mol. The molecule has 138 valence electrons. The molecule has 0 saturated heterocycles. The van der Waals surface area contributed by atoms with E-state index < -0.39 is 42.0 Å². The van der Waals surface area contributed by atoms with Gasteiger partial charge in [0, 0.05) is 0 Å². The molecule has 0 aromatic rings. The van der Waals surface area contributed by atoms with Crippen molar-refractivity contribution in [1.82, 2.24) is 0 Å². The third-order valence-electron chi connectivity index (χ3n) is 2.08. The molecule has 0 saturated carbocycles. The van der Waals surface area contributed by atoms with Crippen molar-refractivity contribution in [2.75, 3.05) is 0 Å². The first-order valence-corrected chi connectivity index (χ1v) is 4.66. The van der Waals surface area contributed by atoms with E-state index in [1.54, 1.807) is 4.74 Å². The van der Waals surface area contributed by atoms with Crippen LogP contribution in [0.4, 0.5) is 61.5 Å². The molecular weight excluding hydrogens is 378 g/mol. The first-order chi connectivity index (χ1) is 9.61. The van der Waals surface area contributed by atoms with Gasteiger partial charge in [0.1, 0.15) is 0 Å². The van der Waals surface area contributed by atoms with Crippen molar-refractivity contribution >= 4 is 0 Å². The van der Waals surface area contributed by atoms with Gasteiger partial charge in [-0.2, -0.15) is 61.5 Å². The fourth-order valence-corrected chi connectivity index (χ4v) is 0.869. The van der Waals surface area contributed by atoms with Crippen LogP contribution in [0.2, 0.25) is 0 Å². The molecule has 0 aromatic heterocycles. The van der Waals surface area contributed by atoms with E-state index in [4.69, 9.17) is 0 Å². The van der Waals surface area contributed by atoms with Crippen molar-refractivity contribution in [3.8, 4) is 0 Å². The van der Waals surface area contributed by atoms with Crippen LogP contribution in [-0.4, -0.2) is 36.4 Å². The number of hydrogen-bond donors (Lipinski definition) is 0. The number of halogens is 14. The predicted octanol–water partition coefficient (Wildman–Crippen LogP) is 5.14. The molecule has 0 unspecified atom stereocenters. The summed E-state index contributed by atoms with van der Waals surface area (Å²) in [6.45, 7) is 1.37. The molecule has 0 amide bonds. The normalized spacial score (nSPS) is 15.7. The summed E-state index contributed by atoms with van der Waals surface area (Å²) in [5.41, 5.74) is -3.87. The zero-order chi connectivity index (χ0) is 19.3. The summed E-state index contributed by atoms with van der Waals surface area (Å²) in [5.74, 6) is -13.9. The zero-order valence-corrected chi connectivity index (χ0v) is 9.91. The largest absolute Gasteiger partial charge is 0.458 e. The fourth-order valence-electron chi connectivity index (χ4n) is 0.869. The zero-order valence-electron chi connectivity index (χ0n) is 9.91. The average Bonchev–Trinajstić information content (AvgIpc) is 2.22. The highest BCUT2D eigenvalue weighted by Crippen LogP contribution is 2.53. The maximum absolute atomic E-state index is 12.9. The Bertz CT molecular complexity index is 437. The molecule has 0 heterocycles. The second kappa shape index (κ2) is 5.37. The van der Waals surface area contributed by atoms with Crippen molar-refractivity contribution in [1.29, 1.82) is 0 Å². The Morgan fingerprint density at radius 3 is 1.09 bits per heavy atom. The summed E-state index contributed by atoms with van der Waals surface area (Å²) in [5, 5.41) is 0. The Morgan fingerprint density at radius 1 is 0.565 bits per heavy atom. The maximum Gasteiger partial charge on any atom is 0.458 e. The Balaban J connectivity index is 5.92. The van der Waals surface area contributed by atoms with E-state index in [1.807, 2.05) is 0 Å². The van der Waals surface area contributed by atoms with Gasteiger partial charge in [-0.25, -0.2) is 0 Å². The lowest BCUT2D eigenvalue weighted by Crippen LogP contribution is -2.59. The molecule has 0 aliphatic rings. The minimum Gasteiger partial charge on any atom is -0.263 e. The summed E-state index contributed by atoms with van der Waals surface area (Å²) in [4.78, 5) is 0. The first kappa shape index (κ1) is 21.7. The molecule has 0 aliphatic heterocycles. The van der Waals surface area contributed by atoms with Gasteiger partial charge in [0.2, 0.25) is 0 Å². The van der Waals surface area contributed by atoms with Crippen molar-refractivity contribution in [2.45, 2.75) is 36.4 Å². The minimum absolute atomic E-state index is 1.37. The van der Waals surface area contributed by atoms with E-state index in [0.717, 1.165) is 0 Å². The van der Waals surface area contributed by atoms with E-state index in [-0.39, 0.29) is 0 Å². The van der Waals surface area contributed by atoms with E-state index in [2.05, 4.69) is 0 Å². The summed E-state index contributed by atoms with van der Waals surface area (Å²) in [6.07, 6.45) is -28.1. The lowest BCUT2D eigenvalue weighted by Gasteiger charge is -2.34. The van der Waals surface area contributed by atoms with Crippen molar-refractivity contribution in [3.63, 3.8) is 0 Å². The van der Waals surface area contributed by atoms with Crippen LogP contribution in [0.15, 0.2) is 12.2 Å². The van der Waals surface area contributed by atoms with Crippen molar-refractivity contribution in [2.24, 2.45) is 0 Å². The summed E-state index contributed by atoms with van der Waals surface area (Å²) in [6, 6.07) is 0. The van der Waals surface area contributed by atoms with Crippen LogP contribution < -0.4 is 0 Å². The van der Waals surface area contributed by atoms with Crippen molar-refractivity contribution in [3.05, 3.63) is 12.2 Å². The highest BCUT2D eigenvalue weighted by atomic mass is 19.4. The number of hydrogen-bond acceptors (Lipinski definition) is 1. The highest BCUT2D eigenvalue weighted by molar-refractivity contribution is 5.18. The molecule has 23 heavy (non-hydrogen) atoms. The van der Waals surface area contributed by atoms with Crippen LogP contribution in [0.5, 0.6) is 0 Å². The molecule has 0 bridgehead atoms. The van der Waals surface area contributed by atoms with Crippen molar-refractivity contribution < 1.29 is 66.2 Å². The average molecular weight is 380 g/mol. The van der Waals surface area contributed by atoms with Crippen LogP contribution in [0.3, 0.4) is 0 Å². The number of alkyl halides is 14. The van der Waals surface area contributed by atoms with Gasteiger partial charge in [0.15, 0.2) is 0 Å². The van der Waals surface area contributed by atoms with Crippen LogP contribution in [0.25, 0.3) is 0 Å². The maximum atomic E-state index is 12.9. The highest BCUT2D eigenvalue weighted by Gasteiger charge is 2.79. The van der Waals surface area contributed by atoms with Crippen LogP contribution in [0.1, 0.15) is 0 Å². The lowest BCUT2D eigenvalue weighted by atomic mass is 10.1. The molecule has 0 atom stereocenters. The van der Waals surface area contributed by atoms with Gasteiger partial charge in [-0.1, -0.05) is 6.58 Å². The number of ether oxygens (including phenoxy) is 1. The topological polar surface area (TPSA) is 9.23 Å². The molecule has 0 aromatic carbocycles.